The highest BCUT2D eigenvalue weighted by atomic mass is 32.2. The summed E-state index contributed by atoms with van der Waals surface area (Å²) in [5, 5.41) is 8.72. The molecule has 0 aromatic carbocycles. The van der Waals surface area contributed by atoms with Crippen LogP contribution in [0.2, 0.25) is 0 Å². The van der Waals surface area contributed by atoms with E-state index in [4.69, 9.17) is 4.52 Å². The Morgan fingerprint density at radius 2 is 2.00 bits per heavy atom. The third-order valence-electron chi connectivity index (χ3n) is 4.20. The van der Waals surface area contributed by atoms with E-state index < -0.39 is 10.0 Å². The van der Waals surface area contributed by atoms with Crippen molar-refractivity contribution in [2.24, 2.45) is 0 Å². The number of hydrogen-bond acceptors (Lipinski definition) is 7. The van der Waals surface area contributed by atoms with Crippen LogP contribution in [-0.2, 0) is 10.0 Å². The number of sulfonamides is 1. The SMILES string of the molecule is Cc1nc(C)n(C2CN(S(=O)(=O)c3cnc4onc(C)c4c3)C2)n1. The molecule has 4 heterocycles. The van der Waals surface area contributed by atoms with E-state index in [9.17, 15) is 8.42 Å². The van der Waals surface area contributed by atoms with E-state index in [0.717, 1.165) is 5.82 Å². The van der Waals surface area contributed by atoms with Gasteiger partial charge in [0.15, 0.2) is 0 Å². The van der Waals surface area contributed by atoms with Crippen LogP contribution in [0.5, 0.6) is 0 Å². The molecule has 9 nitrogen and oxygen atoms in total. The van der Waals surface area contributed by atoms with Gasteiger partial charge in [-0.1, -0.05) is 5.16 Å². The van der Waals surface area contributed by atoms with Crippen LogP contribution >= 0.6 is 0 Å². The number of nitrogens with zero attached hydrogens (tertiary/aromatic N) is 6. The second kappa shape index (κ2) is 5.08. The van der Waals surface area contributed by atoms with Crippen molar-refractivity contribution in [3.05, 3.63) is 29.6 Å². The van der Waals surface area contributed by atoms with Gasteiger partial charge in [-0.2, -0.15) is 9.40 Å². The minimum Gasteiger partial charge on any atom is -0.336 e. The second-order valence-corrected chi connectivity index (χ2v) is 7.86. The van der Waals surface area contributed by atoms with Crippen molar-refractivity contribution in [2.75, 3.05) is 13.1 Å². The summed E-state index contributed by atoms with van der Waals surface area (Å²) in [4.78, 5) is 8.44. The van der Waals surface area contributed by atoms with Crippen LogP contribution in [0.4, 0.5) is 0 Å². The lowest BCUT2D eigenvalue weighted by molar-refractivity contribution is 0.188. The predicted molar refractivity (Wildman–Crippen MR) is 83.8 cm³/mol. The zero-order valence-electron chi connectivity index (χ0n) is 13.5. The molecule has 10 heteroatoms. The van der Waals surface area contributed by atoms with Gasteiger partial charge in [-0.05, 0) is 26.8 Å². The van der Waals surface area contributed by atoms with Crippen LogP contribution in [0.25, 0.3) is 11.1 Å². The normalized spacial score (nSPS) is 16.6. The van der Waals surface area contributed by atoms with Crippen LogP contribution in [0, 0.1) is 20.8 Å². The molecular weight excluding hydrogens is 332 g/mol. The fourth-order valence-corrected chi connectivity index (χ4v) is 4.35. The molecule has 0 spiro atoms. The number of aromatic nitrogens is 5. The molecule has 0 saturated carbocycles. The average Bonchev–Trinajstić information content (AvgIpc) is 3.00. The highest BCUT2D eigenvalue weighted by molar-refractivity contribution is 7.89. The molecule has 0 radical (unpaired) electrons. The topological polar surface area (TPSA) is 107 Å². The van der Waals surface area contributed by atoms with Gasteiger partial charge >= 0.3 is 0 Å². The summed E-state index contributed by atoms with van der Waals surface area (Å²) in [5.74, 6) is 1.48. The standard InChI is InChI=1S/C14H16N6O3S/c1-8-13-4-12(5-15-14(13)23-18-8)24(21,22)19-6-11(7-19)20-10(3)16-9(2)17-20/h4-5,11H,6-7H2,1-3H3. The third-order valence-corrected chi connectivity index (χ3v) is 6.00. The van der Waals surface area contributed by atoms with E-state index in [2.05, 4.69) is 20.2 Å². The molecule has 3 aromatic rings. The maximum absolute atomic E-state index is 12.7. The molecule has 1 aliphatic rings. The smallest absolute Gasteiger partial charge is 0.257 e. The van der Waals surface area contributed by atoms with Gasteiger partial charge in [-0.3, -0.25) is 0 Å². The second-order valence-electron chi connectivity index (χ2n) is 5.92. The molecular formula is C14H16N6O3S. The molecule has 0 aliphatic carbocycles. The highest BCUT2D eigenvalue weighted by Gasteiger charge is 2.39. The summed E-state index contributed by atoms with van der Waals surface area (Å²) < 4.78 is 33.7. The van der Waals surface area contributed by atoms with Gasteiger partial charge in [0.2, 0.25) is 10.0 Å². The van der Waals surface area contributed by atoms with Gasteiger partial charge in [-0.15, -0.1) is 0 Å². The highest BCUT2D eigenvalue weighted by Crippen LogP contribution is 2.29. The number of rotatable bonds is 3. The average molecular weight is 348 g/mol. The van der Waals surface area contributed by atoms with Crippen LogP contribution in [0.15, 0.2) is 21.7 Å². The number of fused-ring (bicyclic) bond motifs is 1. The Labute approximate surface area is 138 Å². The van der Waals surface area contributed by atoms with Gasteiger partial charge in [0.05, 0.1) is 23.3 Å². The van der Waals surface area contributed by atoms with Crippen molar-refractivity contribution in [1.82, 2.24) is 29.2 Å². The molecule has 1 saturated heterocycles. The Morgan fingerprint density at radius 1 is 1.25 bits per heavy atom. The number of aryl methyl sites for hydroxylation is 3. The fraction of sp³-hybridized carbons (Fsp3) is 0.429. The summed E-state index contributed by atoms with van der Waals surface area (Å²) in [6.45, 7) is 6.17. The Morgan fingerprint density at radius 3 is 2.67 bits per heavy atom. The van der Waals surface area contributed by atoms with E-state index in [1.165, 1.54) is 10.5 Å². The third kappa shape index (κ3) is 2.21. The summed E-state index contributed by atoms with van der Waals surface area (Å²) >= 11 is 0. The Bertz CT molecular complexity index is 1030. The van der Waals surface area contributed by atoms with Gasteiger partial charge in [0, 0.05) is 13.1 Å². The fourth-order valence-electron chi connectivity index (χ4n) is 2.87. The van der Waals surface area contributed by atoms with Crippen molar-refractivity contribution in [3.8, 4) is 0 Å². The lowest BCUT2D eigenvalue weighted by Crippen LogP contribution is -2.51. The predicted octanol–water partition coefficient (Wildman–Crippen LogP) is 0.985. The quantitative estimate of drug-likeness (QED) is 0.694. The van der Waals surface area contributed by atoms with Crippen molar-refractivity contribution >= 4 is 21.1 Å². The molecule has 0 amide bonds. The number of hydrogen-bond donors (Lipinski definition) is 0. The summed E-state index contributed by atoms with van der Waals surface area (Å²) in [6, 6.07) is 1.57. The largest absolute Gasteiger partial charge is 0.336 e. The molecule has 1 fully saturated rings. The Balaban J connectivity index is 1.59. The van der Waals surface area contributed by atoms with Crippen molar-refractivity contribution in [1.29, 1.82) is 0 Å². The summed E-state index contributed by atoms with van der Waals surface area (Å²) in [7, 11) is -3.60. The monoisotopic (exact) mass is 348 g/mol. The van der Waals surface area contributed by atoms with E-state index in [1.807, 2.05) is 13.8 Å². The van der Waals surface area contributed by atoms with Crippen LogP contribution in [-0.4, -0.2) is 50.7 Å². The van der Waals surface area contributed by atoms with E-state index >= 15 is 0 Å². The molecule has 126 valence electrons. The van der Waals surface area contributed by atoms with Gasteiger partial charge in [-0.25, -0.2) is 23.1 Å². The van der Waals surface area contributed by atoms with E-state index in [0.29, 0.717) is 35.7 Å². The summed E-state index contributed by atoms with van der Waals surface area (Å²) in [5.41, 5.74) is 0.950. The summed E-state index contributed by atoms with van der Waals surface area (Å²) in [6.07, 6.45) is 1.31. The van der Waals surface area contributed by atoms with E-state index in [-0.39, 0.29) is 10.9 Å². The van der Waals surface area contributed by atoms with Crippen molar-refractivity contribution < 1.29 is 12.9 Å². The van der Waals surface area contributed by atoms with Crippen LogP contribution in [0.1, 0.15) is 23.4 Å². The van der Waals surface area contributed by atoms with Gasteiger partial charge in [0.1, 0.15) is 16.5 Å². The molecule has 0 atom stereocenters. The molecule has 4 rings (SSSR count). The Kier molecular flexibility index (Phi) is 3.22. The minimum atomic E-state index is -3.60. The molecule has 3 aromatic heterocycles. The number of pyridine rings is 1. The van der Waals surface area contributed by atoms with Gasteiger partial charge in [0.25, 0.3) is 5.71 Å². The molecule has 0 bridgehead atoms. The van der Waals surface area contributed by atoms with Crippen molar-refractivity contribution in [2.45, 2.75) is 31.7 Å². The minimum absolute atomic E-state index is 0.00925. The first-order valence-corrected chi connectivity index (χ1v) is 8.92. The first-order valence-electron chi connectivity index (χ1n) is 7.48. The van der Waals surface area contributed by atoms with E-state index in [1.54, 1.807) is 17.7 Å². The lowest BCUT2D eigenvalue weighted by Gasteiger charge is -2.38. The van der Waals surface area contributed by atoms with Crippen LogP contribution < -0.4 is 0 Å². The van der Waals surface area contributed by atoms with Gasteiger partial charge < -0.3 is 4.52 Å². The Hall–Kier alpha value is -2.33. The lowest BCUT2D eigenvalue weighted by atomic mass is 10.2. The zero-order valence-corrected chi connectivity index (χ0v) is 14.3. The molecule has 0 N–H and O–H groups in total. The van der Waals surface area contributed by atoms with Crippen molar-refractivity contribution in [3.63, 3.8) is 0 Å². The maximum Gasteiger partial charge on any atom is 0.257 e. The molecule has 24 heavy (non-hydrogen) atoms. The molecule has 0 unspecified atom stereocenters. The first kappa shape index (κ1) is 15.2. The zero-order chi connectivity index (χ0) is 17.1. The molecule has 1 aliphatic heterocycles. The maximum atomic E-state index is 12.7. The van der Waals surface area contributed by atoms with Crippen LogP contribution in [0.3, 0.4) is 0 Å². The first-order chi connectivity index (χ1) is 11.4.